The first-order valence-electron chi connectivity index (χ1n) is 8.00. The summed E-state index contributed by atoms with van der Waals surface area (Å²) in [5.41, 5.74) is 0.270. The largest absolute Gasteiger partial charge is 0.312 e. The van der Waals surface area contributed by atoms with Gasteiger partial charge in [-0.05, 0) is 39.7 Å². The van der Waals surface area contributed by atoms with E-state index in [1.807, 2.05) is 0 Å². The molecule has 1 saturated carbocycles. The number of nitrogens with one attached hydrogen (secondary N) is 1. The maximum absolute atomic E-state index is 8.97. The number of hydrogen-bond donors (Lipinski definition) is 1. The van der Waals surface area contributed by atoms with Gasteiger partial charge in [-0.3, -0.25) is 4.90 Å². The van der Waals surface area contributed by atoms with Crippen LogP contribution >= 0.6 is 0 Å². The summed E-state index contributed by atoms with van der Waals surface area (Å²) in [6.07, 6.45) is 10.1. The maximum Gasteiger partial charge on any atom is 0.0638 e. The Morgan fingerprint density at radius 2 is 1.89 bits per heavy atom. The van der Waals surface area contributed by atoms with Gasteiger partial charge in [-0.15, -0.1) is 0 Å². The van der Waals surface area contributed by atoms with E-state index in [-0.39, 0.29) is 5.54 Å². The summed E-state index contributed by atoms with van der Waals surface area (Å²) in [4.78, 5) is 2.72. The molecule has 19 heavy (non-hydrogen) atoms. The monoisotopic (exact) mass is 263 g/mol. The summed E-state index contributed by atoms with van der Waals surface area (Å²) in [5, 5.41) is 12.5. The van der Waals surface area contributed by atoms with Crippen molar-refractivity contribution in [2.75, 3.05) is 13.1 Å². The fraction of sp³-hybridized carbons (Fsp3) is 0.938. The first-order chi connectivity index (χ1) is 9.13. The van der Waals surface area contributed by atoms with Gasteiger partial charge in [-0.25, -0.2) is 0 Å². The lowest BCUT2D eigenvalue weighted by Gasteiger charge is -2.43. The highest BCUT2D eigenvalue weighted by Crippen LogP contribution is 2.31. The Hall–Kier alpha value is -0.590. The van der Waals surface area contributed by atoms with Crippen LogP contribution in [0.2, 0.25) is 0 Å². The van der Waals surface area contributed by atoms with Crippen molar-refractivity contribution in [2.45, 2.75) is 82.8 Å². The molecule has 0 aromatic carbocycles. The third-order valence-electron chi connectivity index (χ3n) is 4.97. The van der Waals surface area contributed by atoms with E-state index in [1.165, 1.54) is 44.9 Å². The van der Waals surface area contributed by atoms with Crippen molar-refractivity contribution >= 4 is 0 Å². The molecular formula is C16H29N3. The highest BCUT2D eigenvalue weighted by atomic mass is 15.2. The topological polar surface area (TPSA) is 39.1 Å². The molecule has 1 N–H and O–H groups in total. The Morgan fingerprint density at radius 3 is 2.53 bits per heavy atom. The van der Waals surface area contributed by atoms with Crippen LogP contribution in [0.4, 0.5) is 0 Å². The predicted molar refractivity (Wildman–Crippen MR) is 78.9 cm³/mol. The fourth-order valence-corrected chi connectivity index (χ4v) is 3.73. The third-order valence-corrected chi connectivity index (χ3v) is 4.97. The second kappa shape index (κ2) is 6.72. The minimum absolute atomic E-state index is 0.270. The zero-order valence-corrected chi connectivity index (χ0v) is 12.6. The van der Waals surface area contributed by atoms with E-state index in [0.717, 1.165) is 19.1 Å². The van der Waals surface area contributed by atoms with E-state index in [1.54, 1.807) is 0 Å². The van der Waals surface area contributed by atoms with Crippen LogP contribution in [0, 0.1) is 11.3 Å². The van der Waals surface area contributed by atoms with Crippen LogP contribution in [0.25, 0.3) is 0 Å². The molecular weight excluding hydrogens is 234 g/mol. The minimum Gasteiger partial charge on any atom is -0.312 e. The van der Waals surface area contributed by atoms with Gasteiger partial charge in [0.1, 0.15) is 0 Å². The van der Waals surface area contributed by atoms with Crippen molar-refractivity contribution in [3.63, 3.8) is 0 Å². The highest BCUT2D eigenvalue weighted by molar-refractivity contribution is 4.95. The van der Waals surface area contributed by atoms with Crippen LogP contribution in [-0.4, -0.2) is 35.6 Å². The van der Waals surface area contributed by atoms with Gasteiger partial charge in [0.2, 0.25) is 0 Å². The lowest BCUT2D eigenvalue weighted by atomic mass is 9.93. The Bertz CT molecular complexity index is 310. The SMILES string of the molecule is CC1(C)CCNC(CC#N)CN1C1CCCCCC1. The molecule has 1 heterocycles. The van der Waals surface area contributed by atoms with Gasteiger partial charge in [0, 0.05) is 24.2 Å². The molecule has 0 spiro atoms. The number of hydrogen-bond acceptors (Lipinski definition) is 3. The molecule has 0 radical (unpaired) electrons. The summed E-state index contributed by atoms with van der Waals surface area (Å²) in [6, 6.07) is 3.43. The molecule has 2 fully saturated rings. The Kier molecular flexibility index (Phi) is 5.24. The molecule has 1 aliphatic heterocycles. The zero-order chi connectivity index (χ0) is 13.7. The van der Waals surface area contributed by atoms with E-state index in [9.17, 15) is 0 Å². The summed E-state index contributed by atoms with van der Waals surface area (Å²) in [5.74, 6) is 0. The molecule has 108 valence electrons. The normalized spacial score (nSPS) is 30.3. The van der Waals surface area contributed by atoms with Gasteiger partial charge in [0.05, 0.1) is 12.5 Å². The summed E-state index contributed by atoms with van der Waals surface area (Å²) < 4.78 is 0. The average Bonchev–Trinajstić information content (AvgIpc) is 2.69. The van der Waals surface area contributed by atoms with Gasteiger partial charge in [-0.2, -0.15) is 5.26 Å². The second-order valence-electron chi connectivity index (χ2n) is 6.87. The van der Waals surface area contributed by atoms with Crippen molar-refractivity contribution in [3.8, 4) is 6.07 Å². The molecule has 0 aromatic heterocycles. The fourth-order valence-electron chi connectivity index (χ4n) is 3.73. The van der Waals surface area contributed by atoms with E-state index < -0.39 is 0 Å². The van der Waals surface area contributed by atoms with Crippen LogP contribution in [0.3, 0.4) is 0 Å². The molecule has 3 heteroatoms. The molecule has 1 saturated heterocycles. The lowest BCUT2D eigenvalue weighted by molar-refractivity contribution is 0.0598. The Morgan fingerprint density at radius 1 is 1.21 bits per heavy atom. The van der Waals surface area contributed by atoms with E-state index in [2.05, 4.69) is 30.1 Å². The van der Waals surface area contributed by atoms with Crippen LogP contribution in [-0.2, 0) is 0 Å². The lowest BCUT2D eigenvalue weighted by Crippen LogP contribution is -2.51. The smallest absolute Gasteiger partial charge is 0.0638 e. The maximum atomic E-state index is 8.97. The van der Waals surface area contributed by atoms with Crippen LogP contribution in [0.1, 0.15) is 65.2 Å². The van der Waals surface area contributed by atoms with Crippen LogP contribution in [0.5, 0.6) is 0 Å². The van der Waals surface area contributed by atoms with Crippen LogP contribution in [0.15, 0.2) is 0 Å². The quantitative estimate of drug-likeness (QED) is 0.778. The first kappa shape index (κ1) is 14.8. The zero-order valence-electron chi connectivity index (χ0n) is 12.6. The molecule has 0 bridgehead atoms. The van der Waals surface area contributed by atoms with Crippen molar-refractivity contribution < 1.29 is 0 Å². The number of rotatable bonds is 2. The predicted octanol–water partition coefficient (Wildman–Crippen LogP) is 3.07. The van der Waals surface area contributed by atoms with E-state index >= 15 is 0 Å². The number of nitriles is 1. The van der Waals surface area contributed by atoms with Crippen molar-refractivity contribution in [1.82, 2.24) is 10.2 Å². The van der Waals surface area contributed by atoms with E-state index in [0.29, 0.717) is 12.5 Å². The van der Waals surface area contributed by atoms with E-state index in [4.69, 9.17) is 5.26 Å². The first-order valence-corrected chi connectivity index (χ1v) is 8.00. The Labute approximate surface area is 118 Å². The minimum atomic E-state index is 0.270. The summed E-state index contributed by atoms with van der Waals surface area (Å²) >= 11 is 0. The average molecular weight is 263 g/mol. The van der Waals surface area contributed by atoms with Gasteiger partial charge in [-0.1, -0.05) is 25.7 Å². The van der Waals surface area contributed by atoms with Gasteiger partial charge >= 0.3 is 0 Å². The summed E-state index contributed by atoms with van der Waals surface area (Å²) in [7, 11) is 0. The van der Waals surface area contributed by atoms with Gasteiger partial charge < -0.3 is 5.32 Å². The van der Waals surface area contributed by atoms with Crippen molar-refractivity contribution in [3.05, 3.63) is 0 Å². The molecule has 1 atom stereocenters. The third kappa shape index (κ3) is 3.94. The standard InChI is InChI=1S/C16H29N3/c1-16(2)10-12-18-14(9-11-17)13-19(16)15-7-5-3-4-6-8-15/h14-15,18H,3-10,12-13H2,1-2H3. The molecule has 3 nitrogen and oxygen atoms in total. The van der Waals surface area contributed by atoms with Gasteiger partial charge in [0.25, 0.3) is 0 Å². The Balaban J connectivity index is 2.09. The molecule has 0 aromatic rings. The molecule has 2 aliphatic rings. The van der Waals surface area contributed by atoms with Crippen LogP contribution < -0.4 is 5.32 Å². The number of nitrogens with zero attached hydrogens (tertiary/aromatic N) is 2. The molecule has 1 aliphatic carbocycles. The molecule has 1 unspecified atom stereocenters. The van der Waals surface area contributed by atoms with Crippen molar-refractivity contribution in [1.29, 1.82) is 5.26 Å². The molecule has 2 rings (SSSR count). The second-order valence-corrected chi connectivity index (χ2v) is 6.87. The molecule has 0 amide bonds. The summed E-state index contributed by atoms with van der Waals surface area (Å²) in [6.45, 7) is 6.86. The highest BCUT2D eigenvalue weighted by Gasteiger charge is 2.36. The van der Waals surface area contributed by atoms with Crippen molar-refractivity contribution in [2.24, 2.45) is 0 Å². The van der Waals surface area contributed by atoms with Gasteiger partial charge in [0.15, 0.2) is 0 Å².